The third-order valence-electron chi connectivity index (χ3n) is 2.34. The highest BCUT2D eigenvalue weighted by Gasteiger charge is 2.29. The second kappa shape index (κ2) is 5.58. The average Bonchev–Trinajstić information content (AvgIpc) is 2.85. The third-order valence-corrected chi connectivity index (χ3v) is 3.38. The normalized spacial score (nSPS) is 11.6. The van der Waals surface area contributed by atoms with Crippen molar-refractivity contribution in [3.8, 4) is 0 Å². The Bertz CT molecular complexity index is 607. The maximum absolute atomic E-state index is 12.4. The van der Waals surface area contributed by atoms with E-state index in [0.29, 0.717) is 10.7 Å². The largest absolute Gasteiger partial charge is 0.476 e. The summed E-state index contributed by atoms with van der Waals surface area (Å²) >= 11 is 1.22. The highest BCUT2D eigenvalue weighted by atomic mass is 32.2. The highest BCUT2D eigenvalue weighted by molar-refractivity contribution is 7.98. The molecule has 0 bridgehead atoms. The average molecular weight is 303 g/mol. The van der Waals surface area contributed by atoms with Gasteiger partial charge in [-0.2, -0.15) is 13.2 Å². The van der Waals surface area contributed by atoms with Crippen molar-refractivity contribution in [2.24, 2.45) is 0 Å². The van der Waals surface area contributed by atoms with Gasteiger partial charge in [0, 0.05) is 11.0 Å². The fourth-order valence-electron chi connectivity index (χ4n) is 1.38. The smallest absolute Gasteiger partial charge is 0.416 e. The number of hydrogen-bond acceptors (Lipinski definition) is 4. The summed E-state index contributed by atoms with van der Waals surface area (Å²) in [6, 6.07) is 5.96. The standard InChI is InChI=1S/C12H8F3NO3S/c13-12(14,15)7-1-3-9(4-2-7)20-6-8-5-10(11(17)18)16-19-8/h1-5H,6H2,(H,17,18). The van der Waals surface area contributed by atoms with Gasteiger partial charge in [0.05, 0.1) is 11.3 Å². The van der Waals surface area contributed by atoms with Crippen molar-refractivity contribution < 1.29 is 27.6 Å². The van der Waals surface area contributed by atoms with Crippen LogP contribution in [0, 0.1) is 0 Å². The van der Waals surface area contributed by atoms with Crippen molar-refractivity contribution >= 4 is 17.7 Å². The van der Waals surface area contributed by atoms with E-state index in [1.54, 1.807) is 0 Å². The quantitative estimate of drug-likeness (QED) is 0.873. The summed E-state index contributed by atoms with van der Waals surface area (Å²) < 4.78 is 41.9. The zero-order valence-electron chi connectivity index (χ0n) is 9.85. The number of aromatic carboxylic acids is 1. The summed E-state index contributed by atoms with van der Waals surface area (Å²) in [4.78, 5) is 11.2. The molecule has 0 aliphatic rings. The lowest BCUT2D eigenvalue weighted by molar-refractivity contribution is -0.137. The van der Waals surface area contributed by atoms with Gasteiger partial charge in [0.15, 0.2) is 5.69 Å². The molecule has 0 fully saturated rings. The lowest BCUT2D eigenvalue weighted by Gasteiger charge is -2.06. The van der Waals surface area contributed by atoms with Gasteiger partial charge in [-0.1, -0.05) is 5.16 Å². The first kappa shape index (κ1) is 14.4. The predicted molar refractivity (Wildman–Crippen MR) is 64.5 cm³/mol. The van der Waals surface area contributed by atoms with Crippen molar-refractivity contribution in [1.82, 2.24) is 5.16 Å². The van der Waals surface area contributed by atoms with Crippen molar-refractivity contribution in [3.63, 3.8) is 0 Å². The van der Waals surface area contributed by atoms with Crippen LogP contribution in [0.15, 0.2) is 39.8 Å². The van der Waals surface area contributed by atoms with Crippen LogP contribution in [-0.4, -0.2) is 16.2 Å². The summed E-state index contributed by atoms with van der Waals surface area (Å²) in [5.41, 5.74) is -0.914. The number of carboxylic acid groups (broad SMARTS) is 1. The number of carboxylic acids is 1. The molecule has 106 valence electrons. The molecule has 0 saturated heterocycles. The first-order valence-corrected chi connectivity index (χ1v) is 6.34. The number of nitrogens with zero attached hydrogens (tertiary/aromatic N) is 1. The molecule has 4 nitrogen and oxygen atoms in total. The molecule has 0 spiro atoms. The van der Waals surface area contributed by atoms with E-state index in [1.165, 1.54) is 30.0 Å². The molecule has 0 aliphatic heterocycles. The number of hydrogen-bond donors (Lipinski definition) is 1. The van der Waals surface area contributed by atoms with Gasteiger partial charge in [-0.3, -0.25) is 0 Å². The molecule has 2 rings (SSSR count). The van der Waals surface area contributed by atoms with Crippen LogP contribution < -0.4 is 0 Å². The van der Waals surface area contributed by atoms with Crippen LogP contribution in [0.4, 0.5) is 13.2 Å². The molecule has 0 amide bonds. The Morgan fingerprint density at radius 1 is 1.30 bits per heavy atom. The van der Waals surface area contributed by atoms with Gasteiger partial charge in [0.2, 0.25) is 0 Å². The van der Waals surface area contributed by atoms with E-state index in [9.17, 15) is 18.0 Å². The van der Waals surface area contributed by atoms with E-state index < -0.39 is 17.7 Å². The number of carbonyl (C=O) groups is 1. The molecule has 0 aliphatic carbocycles. The maximum atomic E-state index is 12.4. The van der Waals surface area contributed by atoms with Gasteiger partial charge < -0.3 is 9.63 Å². The molecule has 1 heterocycles. The summed E-state index contributed by atoms with van der Waals surface area (Å²) in [5, 5.41) is 12.0. The lowest BCUT2D eigenvalue weighted by Crippen LogP contribution is -2.03. The van der Waals surface area contributed by atoms with Crippen LogP contribution in [0.5, 0.6) is 0 Å². The van der Waals surface area contributed by atoms with Crippen LogP contribution in [0.3, 0.4) is 0 Å². The summed E-state index contributed by atoms with van der Waals surface area (Å²) in [7, 11) is 0. The molecule has 0 radical (unpaired) electrons. The number of halogens is 3. The van der Waals surface area contributed by atoms with E-state index in [4.69, 9.17) is 9.63 Å². The first-order chi connectivity index (χ1) is 9.36. The van der Waals surface area contributed by atoms with E-state index in [2.05, 4.69) is 5.16 Å². The molecular formula is C12H8F3NO3S. The molecule has 0 unspecified atom stereocenters. The fraction of sp³-hybridized carbons (Fsp3) is 0.167. The second-order valence-electron chi connectivity index (χ2n) is 3.79. The molecule has 1 aromatic carbocycles. The minimum Gasteiger partial charge on any atom is -0.476 e. The van der Waals surface area contributed by atoms with Crippen LogP contribution in [-0.2, 0) is 11.9 Å². The predicted octanol–water partition coefficient (Wildman–Crippen LogP) is 3.68. The minimum atomic E-state index is -4.36. The van der Waals surface area contributed by atoms with Crippen molar-refractivity contribution in [2.45, 2.75) is 16.8 Å². The molecular weight excluding hydrogens is 295 g/mol. The Morgan fingerprint density at radius 2 is 1.95 bits per heavy atom. The van der Waals surface area contributed by atoms with Crippen molar-refractivity contribution in [1.29, 1.82) is 0 Å². The number of aromatic nitrogens is 1. The van der Waals surface area contributed by atoms with Gasteiger partial charge in [-0.15, -0.1) is 11.8 Å². The van der Waals surface area contributed by atoms with Crippen LogP contribution in [0.2, 0.25) is 0 Å². The van der Waals surface area contributed by atoms with Crippen LogP contribution in [0.1, 0.15) is 21.8 Å². The number of alkyl halides is 3. The molecule has 2 aromatic rings. The van der Waals surface area contributed by atoms with E-state index in [-0.39, 0.29) is 11.4 Å². The summed E-state index contributed by atoms with van der Waals surface area (Å²) in [6.07, 6.45) is -4.36. The third kappa shape index (κ3) is 3.53. The first-order valence-electron chi connectivity index (χ1n) is 5.35. The number of rotatable bonds is 4. The van der Waals surface area contributed by atoms with E-state index >= 15 is 0 Å². The Kier molecular flexibility index (Phi) is 4.03. The van der Waals surface area contributed by atoms with Crippen molar-refractivity contribution in [2.75, 3.05) is 0 Å². The summed E-state index contributed by atoms with van der Waals surface area (Å²) in [6.45, 7) is 0. The van der Waals surface area contributed by atoms with Gasteiger partial charge >= 0.3 is 12.1 Å². The molecule has 1 aromatic heterocycles. The van der Waals surface area contributed by atoms with E-state index in [1.807, 2.05) is 0 Å². The number of thioether (sulfide) groups is 1. The Morgan fingerprint density at radius 3 is 2.45 bits per heavy atom. The van der Waals surface area contributed by atoms with Gasteiger partial charge in [-0.05, 0) is 24.3 Å². The zero-order chi connectivity index (χ0) is 14.8. The number of benzene rings is 1. The van der Waals surface area contributed by atoms with E-state index in [0.717, 1.165) is 12.1 Å². The zero-order valence-corrected chi connectivity index (χ0v) is 10.7. The molecule has 1 N–H and O–H groups in total. The van der Waals surface area contributed by atoms with Gasteiger partial charge in [-0.25, -0.2) is 4.79 Å². The second-order valence-corrected chi connectivity index (χ2v) is 4.84. The van der Waals surface area contributed by atoms with Gasteiger partial charge in [0.25, 0.3) is 0 Å². The van der Waals surface area contributed by atoms with Crippen molar-refractivity contribution in [3.05, 3.63) is 47.3 Å². The Hall–Kier alpha value is -1.96. The monoisotopic (exact) mass is 303 g/mol. The summed E-state index contributed by atoms with van der Waals surface area (Å²) in [5.74, 6) is -0.571. The molecule has 0 atom stereocenters. The minimum absolute atomic E-state index is 0.201. The van der Waals surface area contributed by atoms with Crippen LogP contribution in [0.25, 0.3) is 0 Å². The topological polar surface area (TPSA) is 63.3 Å². The fourth-order valence-corrected chi connectivity index (χ4v) is 2.15. The van der Waals surface area contributed by atoms with Gasteiger partial charge in [0.1, 0.15) is 5.76 Å². The molecule has 20 heavy (non-hydrogen) atoms. The highest BCUT2D eigenvalue weighted by Crippen LogP contribution is 2.31. The Balaban J connectivity index is 1.98. The molecule has 0 saturated carbocycles. The SMILES string of the molecule is O=C(O)c1cc(CSc2ccc(C(F)(F)F)cc2)on1. The maximum Gasteiger partial charge on any atom is 0.416 e. The lowest BCUT2D eigenvalue weighted by atomic mass is 10.2. The molecule has 8 heteroatoms. The van der Waals surface area contributed by atoms with Crippen LogP contribution >= 0.6 is 11.8 Å². The Labute approximate surface area is 115 Å².